The average molecular weight is 452 g/mol. The summed E-state index contributed by atoms with van der Waals surface area (Å²) in [6.45, 7) is 2.56. The Morgan fingerprint density at radius 2 is 1.94 bits per heavy atom. The van der Waals surface area contributed by atoms with Gasteiger partial charge in [-0.1, -0.05) is 30.7 Å². The molecule has 5 nitrogen and oxygen atoms in total. The maximum atomic E-state index is 13.1. The fourth-order valence-corrected chi connectivity index (χ4v) is 3.36. The Kier molecular flexibility index (Phi) is 7.02. The molecule has 0 fully saturated rings. The van der Waals surface area contributed by atoms with Crippen molar-refractivity contribution in [2.45, 2.75) is 19.6 Å². The van der Waals surface area contributed by atoms with E-state index >= 15 is 0 Å². The molecule has 0 saturated heterocycles. The lowest BCUT2D eigenvalue weighted by atomic mass is 10.1. The third kappa shape index (κ3) is 5.65. The average Bonchev–Trinajstić information content (AvgIpc) is 2.72. The number of likely N-dealkylation sites (N-methyl/N-ethyl adjacent to an activating group) is 1. The van der Waals surface area contributed by atoms with E-state index in [0.29, 0.717) is 35.1 Å². The number of hydrogen-bond acceptors (Lipinski definition) is 4. The van der Waals surface area contributed by atoms with Crippen LogP contribution in [0.5, 0.6) is 5.75 Å². The molecule has 0 radical (unpaired) electrons. The summed E-state index contributed by atoms with van der Waals surface area (Å²) >= 11 is 6.33. The van der Waals surface area contributed by atoms with Gasteiger partial charge in [-0.15, -0.1) is 0 Å². The normalized spacial score (nSPS) is 11.7. The van der Waals surface area contributed by atoms with E-state index in [0.717, 1.165) is 11.5 Å². The Morgan fingerprint density at radius 3 is 2.61 bits per heavy atom. The van der Waals surface area contributed by atoms with Gasteiger partial charge in [-0.3, -0.25) is 9.69 Å². The second-order valence-electron chi connectivity index (χ2n) is 6.89. The van der Waals surface area contributed by atoms with Crippen LogP contribution in [0.15, 0.2) is 48.5 Å². The maximum Gasteiger partial charge on any atom is 0.418 e. The minimum atomic E-state index is -4.55. The number of para-hydroxylation sites is 1. The molecule has 1 N–H and O–H groups in total. The van der Waals surface area contributed by atoms with E-state index in [1.165, 1.54) is 18.2 Å². The second kappa shape index (κ2) is 9.53. The lowest BCUT2D eigenvalue weighted by Gasteiger charge is -2.21. The van der Waals surface area contributed by atoms with Gasteiger partial charge >= 0.3 is 6.18 Å². The topological polar surface area (TPSA) is 54.5 Å². The number of nitrogens with zero attached hydrogens (tertiary/aromatic N) is 2. The van der Waals surface area contributed by atoms with E-state index in [4.69, 9.17) is 16.3 Å². The van der Waals surface area contributed by atoms with Gasteiger partial charge in [0, 0.05) is 23.6 Å². The summed E-state index contributed by atoms with van der Waals surface area (Å²) in [6, 6.07) is 12.2. The van der Waals surface area contributed by atoms with Gasteiger partial charge in [0.15, 0.2) is 0 Å². The van der Waals surface area contributed by atoms with Crippen LogP contribution in [0.3, 0.4) is 0 Å². The number of amides is 1. The minimum Gasteiger partial charge on any atom is -0.497 e. The van der Waals surface area contributed by atoms with E-state index in [9.17, 15) is 18.0 Å². The zero-order valence-electron chi connectivity index (χ0n) is 17.0. The Balaban J connectivity index is 1.74. The van der Waals surface area contributed by atoms with Gasteiger partial charge in [0.05, 0.1) is 30.4 Å². The molecule has 0 aliphatic rings. The lowest BCUT2D eigenvalue weighted by Crippen LogP contribution is -2.33. The van der Waals surface area contributed by atoms with Gasteiger partial charge in [-0.25, -0.2) is 4.98 Å². The van der Waals surface area contributed by atoms with Crippen molar-refractivity contribution >= 4 is 34.1 Å². The maximum absolute atomic E-state index is 13.1. The second-order valence-corrected chi connectivity index (χ2v) is 7.25. The highest BCUT2D eigenvalue weighted by Gasteiger charge is 2.33. The highest BCUT2D eigenvalue weighted by molar-refractivity contribution is 6.30. The number of rotatable bonds is 7. The van der Waals surface area contributed by atoms with Crippen LogP contribution in [0.25, 0.3) is 10.9 Å². The number of fused-ring (bicyclic) bond motifs is 1. The molecule has 3 aromatic rings. The molecule has 164 valence electrons. The number of ether oxygens (including phenoxy) is 1. The van der Waals surface area contributed by atoms with Crippen molar-refractivity contribution in [2.75, 3.05) is 25.5 Å². The van der Waals surface area contributed by atoms with Crippen molar-refractivity contribution in [1.82, 2.24) is 9.88 Å². The molecule has 0 aliphatic heterocycles. The summed E-state index contributed by atoms with van der Waals surface area (Å²) in [5.41, 5.74) is 0.237. The lowest BCUT2D eigenvalue weighted by molar-refractivity contribution is -0.137. The molecule has 1 aromatic heterocycles. The van der Waals surface area contributed by atoms with Gasteiger partial charge in [0.1, 0.15) is 10.9 Å². The standard InChI is InChI=1S/C22H21ClF3N3O2/c1-3-29(13-20(30)27-18-7-5-4-6-17(18)22(24,25)26)12-15-10-14-8-9-16(31-2)11-19(14)28-21(15)23/h4-11H,3,12-13H2,1-2H3,(H,27,30). The van der Waals surface area contributed by atoms with Crippen molar-refractivity contribution in [3.05, 3.63) is 64.8 Å². The number of aromatic nitrogens is 1. The Hall–Kier alpha value is -2.84. The number of hydrogen-bond donors (Lipinski definition) is 1. The van der Waals surface area contributed by atoms with Gasteiger partial charge in [0.2, 0.25) is 5.91 Å². The number of nitrogens with one attached hydrogen (secondary N) is 1. The van der Waals surface area contributed by atoms with Crippen LogP contribution in [0.2, 0.25) is 5.15 Å². The van der Waals surface area contributed by atoms with Crippen LogP contribution < -0.4 is 10.1 Å². The fraction of sp³-hybridized carbons (Fsp3) is 0.273. The van der Waals surface area contributed by atoms with Crippen LogP contribution >= 0.6 is 11.6 Å². The summed E-state index contributed by atoms with van der Waals surface area (Å²) in [4.78, 5) is 18.6. The zero-order valence-corrected chi connectivity index (χ0v) is 17.7. The van der Waals surface area contributed by atoms with Crippen LogP contribution in [-0.4, -0.2) is 36.0 Å². The summed E-state index contributed by atoms with van der Waals surface area (Å²) in [5, 5.41) is 3.52. The van der Waals surface area contributed by atoms with Gasteiger partial charge < -0.3 is 10.1 Å². The number of anilines is 1. The molecule has 3 rings (SSSR count). The number of benzene rings is 2. The summed E-state index contributed by atoms with van der Waals surface area (Å²) in [6.07, 6.45) is -4.55. The van der Waals surface area contributed by atoms with Crippen LogP contribution in [0.1, 0.15) is 18.1 Å². The van der Waals surface area contributed by atoms with E-state index in [1.54, 1.807) is 18.1 Å². The molecular formula is C22H21ClF3N3O2. The summed E-state index contributed by atoms with van der Waals surface area (Å²) in [7, 11) is 1.56. The molecule has 31 heavy (non-hydrogen) atoms. The molecule has 0 unspecified atom stereocenters. The third-order valence-corrected chi connectivity index (χ3v) is 5.09. The molecule has 1 heterocycles. The van der Waals surface area contributed by atoms with E-state index < -0.39 is 17.6 Å². The van der Waals surface area contributed by atoms with Crippen molar-refractivity contribution in [2.24, 2.45) is 0 Å². The Morgan fingerprint density at radius 1 is 1.19 bits per heavy atom. The zero-order chi connectivity index (χ0) is 22.6. The summed E-state index contributed by atoms with van der Waals surface area (Å²) < 4.78 is 44.6. The quantitative estimate of drug-likeness (QED) is 0.490. The SMILES string of the molecule is CCN(CC(=O)Nc1ccccc1C(F)(F)F)Cc1cc2ccc(OC)cc2nc1Cl. The first-order valence-electron chi connectivity index (χ1n) is 9.53. The number of pyridine rings is 1. The Bertz CT molecular complexity index is 1090. The highest BCUT2D eigenvalue weighted by atomic mass is 35.5. The van der Waals surface area contributed by atoms with E-state index in [2.05, 4.69) is 10.3 Å². The monoisotopic (exact) mass is 451 g/mol. The van der Waals surface area contributed by atoms with Crippen molar-refractivity contribution in [3.63, 3.8) is 0 Å². The smallest absolute Gasteiger partial charge is 0.418 e. The number of carbonyl (C=O) groups is 1. The highest BCUT2D eigenvalue weighted by Crippen LogP contribution is 2.34. The fourth-order valence-electron chi connectivity index (χ4n) is 3.16. The van der Waals surface area contributed by atoms with Crippen LogP contribution in [0.4, 0.5) is 18.9 Å². The molecule has 0 bridgehead atoms. The predicted molar refractivity (Wildman–Crippen MR) is 114 cm³/mol. The first-order chi connectivity index (χ1) is 14.7. The molecule has 0 spiro atoms. The van der Waals surface area contributed by atoms with Crippen molar-refractivity contribution in [1.29, 1.82) is 0 Å². The Labute approximate surface area is 182 Å². The van der Waals surface area contributed by atoms with Crippen LogP contribution in [-0.2, 0) is 17.5 Å². The number of alkyl halides is 3. The molecule has 0 aliphatic carbocycles. The molecular weight excluding hydrogens is 431 g/mol. The molecule has 1 amide bonds. The number of methoxy groups -OCH3 is 1. The first kappa shape index (κ1) is 22.8. The number of halogens is 4. The first-order valence-corrected chi connectivity index (χ1v) is 9.90. The van der Waals surface area contributed by atoms with Gasteiger partial charge in [-0.05, 0) is 36.9 Å². The van der Waals surface area contributed by atoms with Gasteiger partial charge in [0.25, 0.3) is 0 Å². The molecule has 0 atom stereocenters. The van der Waals surface area contributed by atoms with Crippen molar-refractivity contribution < 1.29 is 22.7 Å². The molecule has 9 heteroatoms. The van der Waals surface area contributed by atoms with E-state index in [-0.39, 0.29) is 12.2 Å². The van der Waals surface area contributed by atoms with Gasteiger partial charge in [-0.2, -0.15) is 13.2 Å². The minimum absolute atomic E-state index is 0.0975. The number of carbonyl (C=O) groups excluding carboxylic acids is 1. The molecule has 0 saturated carbocycles. The van der Waals surface area contributed by atoms with Crippen LogP contribution in [0, 0.1) is 0 Å². The van der Waals surface area contributed by atoms with Crippen molar-refractivity contribution in [3.8, 4) is 5.75 Å². The van der Waals surface area contributed by atoms with E-state index in [1.807, 2.05) is 25.1 Å². The summed E-state index contributed by atoms with van der Waals surface area (Å²) in [5.74, 6) is 0.114. The third-order valence-electron chi connectivity index (χ3n) is 4.77. The predicted octanol–water partition coefficient (Wildman–Crippen LogP) is 5.38. The molecule has 2 aromatic carbocycles. The largest absolute Gasteiger partial charge is 0.497 e.